The third-order valence-electron chi connectivity index (χ3n) is 7.00. The van der Waals surface area contributed by atoms with Gasteiger partial charge in [-0.15, -0.1) is 0 Å². The Morgan fingerprint density at radius 1 is 1.12 bits per heavy atom. The Hall–Kier alpha value is -3.78. The highest BCUT2D eigenvalue weighted by Gasteiger charge is 2.40. The van der Waals surface area contributed by atoms with Gasteiger partial charge in [0.15, 0.2) is 14.6 Å². The summed E-state index contributed by atoms with van der Waals surface area (Å²) in [6.45, 7) is 2.34. The van der Waals surface area contributed by atoms with E-state index in [1.54, 1.807) is 24.3 Å². The van der Waals surface area contributed by atoms with Crippen LogP contribution in [0.1, 0.15) is 42.8 Å². The van der Waals surface area contributed by atoms with Gasteiger partial charge in [-0.05, 0) is 73.8 Å². The fourth-order valence-corrected chi connectivity index (χ4v) is 7.22. The van der Waals surface area contributed by atoms with Crippen molar-refractivity contribution in [2.75, 3.05) is 5.75 Å². The summed E-state index contributed by atoms with van der Waals surface area (Å²) in [5, 5.41) is 15.1. The van der Waals surface area contributed by atoms with Gasteiger partial charge in [0.2, 0.25) is 0 Å². The minimum absolute atomic E-state index is 0.0932. The number of nitrogens with one attached hydrogen (secondary N) is 2. The van der Waals surface area contributed by atoms with Gasteiger partial charge in [0, 0.05) is 23.1 Å². The van der Waals surface area contributed by atoms with Gasteiger partial charge in [-0.2, -0.15) is 18.3 Å². The SMILES string of the molecule is Cc1cc(COc2ccc(S(=O)(=O)CC3(Cc4n[nH]c(=S)[nH]4)CCCC3)cc2)c2ccccc2n1.O=C(O)C(F)(F)F. The fraction of sp³-hybridized carbons (Fsp3) is 0.357. The van der Waals surface area contributed by atoms with Crippen LogP contribution in [0.25, 0.3) is 10.9 Å². The minimum Gasteiger partial charge on any atom is -0.489 e. The van der Waals surface area contributed by atoms with Crippen LogP contribution in [0.2, 0.25) is 0 Å². The standard InChI is InChI=1S/C26H28N4O3S2.C2HF3O2/c1-18-14-19(22-6-2-3-7-23(22)27-18)16-33-20-8-10-21(11-9-20)35(31,32)17-26(12-4-5-13-26)15-24-28-25(34)30-29-24;3-2(4,5)1(6)7/h2-3,6-11,14H,4-5,12-13,15-17H2,1H3,(H2,28,29,30,34);(H,6,7). The van der Waals surface area contributed by atoms with E-state index in [0.29, 0.717) is 28.4 Å². The van der Waals surface area contributed by atoms with Gasteiger partial charge in [0.1, 0.15) is 18.2 Å². The van der Waals surface area contributed by atoms with Crippen molar-refractivity contribution in [1.29, 1.82) is 0 Å². The van der Waals surface area contributed by atoms with Gasteiger partial charge in [-0.1, -0.05) is 31.0 Å². The first-order valence-corrected chi connectivity index (χ1v) is 15.1. The number of aryl methyl sites for hydroxylation is 1. The lowest BCUT2D eigenvalue weighted by Gasteiger charge is -2.27. The van der Waals surface area contributed by atoms with Crippen LogP contribution in [0.3, 0.4) is 0 Å². The first-order valence-electron chi connectivity index (χ1n) is 13.0. The molecule has 42 heavy (non-hydrogen) atoms. The number of H-pyrrole nitrogens is 2. The summed E-state index contributed by atoms with van der Waals surface area (Å²) in [4.78, 5) is 16.8. The van der Waals surface area contributed by atoms with E-state index in [2.05, 4.69) is 20.2 Å². The quantitative estimate of drug-likeness (QED) is 0.200. The topological polar surface area (TPSA) is 138 Å². The highest BCUT2D eigenvalue weighted by atomic mass is 32.2. The van der Waals surface area contributed by atoms with Crippen molar-refractivity contribution < 1.29 is 36.2 Å². The van der Waals surface area contributed by atoms with Gasteiger partial charge in [0.25, 0.3) is 0 Å². The molecule has 4 aromatic rings. The van der Waals surface area contributed by atoms with Gasteiger partial charge in [-0.25, -0.2) is 13.2 Å². The van der Waals surface area contributed by atoms with Crippen molar-refractivity contribution in [3.8, 4) is 5.75 Å². The fourth-order valence-electron chi connectivity index (χ4n) is 5.15. The van der Waals surface area contributed by atoms with E-state index in [-0.39, 0.29) is 11.2 Å². The number of aliphatic carboxylic acids is 1. The van der Waals surface area contributed by atoms with Gasteiger partial charge in [-0.3, -0.25) is 10.1 Å². The number of carboxylic acid groups (broad SMARTS) is 1. The number of carboxylic acids is 1. The number of carbonyl (C=O) groups is 1. The maximum Gasteiger partial charge on any atom is 0.490 e. The summed E-state index contributed by atoms with van der Waals surface area (Å²) in [7, 11) is -3.48. The number of hydrogen-bond acceptors (Lipinski definition) is 7. The number of nitrogens with zero attached hydrogens (tertiary/aromatic N) is 2. The highest BCUT2D eigenvalue weighted by Crippen LogP contribution is 2.42. The average molecular weight is 623 g/mol. The van der Waals surface area contributed by atoms with Crippen LogP contribution in [0.5, 0.6) is 5.75 Å². The molecule has 0 radical (unpaired) electrons. The average Bonchev–Trinajstić information content (AvgIpc) is 3.55. The molecule has 9 nitrogen and oxygen atoms in total. The van der Waals surface area contributed by atoms with Crippen LogP contribution < -0.4 is 4.74 Å². The molecule has 3 N–H and O–H groups in total. The number of para-hydroxylation sites is 1. The second kappa shape index (κ2) is 12.6. The first kappa shape index (κ1) is 31.2. The molecule has 0 spiro atoms. The Bertz CT molecular complexity index is 1710. The third-order valence-corrected chi connectivity index (χ3v) is 9.18. The number of sulfone groups is 1. The van der Waals surface area contributed by atoms with Crippen molar-refractivity contribution in [3.63, 3.8) is 0 Å². The third kappa shape index (κ3) is 7.94. The van der Waals surface area contributed by atoms with Gasteiger partial charge in [0.05, 0.1) is 16.2 Å². The lowest BCUT2D eigenvalue weighted by atomic mass is 9.84. The maximum absolute atomic E-state index is 13.4. The second-order valence-corrected chi connectivity index (χ2v) is 12.7. The van der Waals surface area contributed by atoms with Crippen LogP contribution in [0.4, 0.5) is 13.2 Å². The monoisotopic (exact) mass is 622 g/mol. The molecule has 0 atom stereocenters. The number of aromatic amines is 2. The Labute approximate surface area is 245 Å². The Kier molecular flexibility index (Phi) is 9.36. The molecule has 0 unspecified atom stereocenters. The van der Waals surface area contributed by atoms with Crippen LogP contribution in [0.15, 0.2) is 59.5 Å². The van der Waals surface area contributed by atoms with E-state index in [1.807, 2.05) is 37.3 Å². The van der Waals surface area contributed by atoms with E-state index < -0.39 is 22.0 Å². The summed E-state index contributed by atoms with van der Waals surface area (Å²) >= 11 is 5.08. The number of hydrogen-bond donors (Lipinski definition) is 3. The van der Waals surface area contributed by atoms with E-state index in [1.165, 1.54) is 0 Å². The number of rotatable bonds is 8. The minimum atomic E-state index is -5.08. The van der Waals surface area contributed by atoms with Crippen LogP contribution >= 0.6 is 12.2 Å². The zero-order chi connectivity index (χ0) is 30.5. The summed E-state index contributed by atoms with van der Waals surface area (Å²) in [5.74, 6) is -1.32. The van der Waals surface area contributed by atoms with Gasteiger partial charge >= 0.3 is 12.1 Å². The number of fused-ring (bicyclic) bond motifs is 1. The molecule has 2 heterocycles. The number of ether oxygens (including phenoxy) is 1. The van der Waals surface area contributed by atoms with Crippen molar-refractivity contribution in [1.82, 2.24) is 20.2 Å². The Morgan fingerprint density at radius 3 is 2.36 bits per heavy atom. The van der Waals surface area contributed by atoms with E-state index in [4.69, 9.17) is 26.9 Å². The van der Waals surface area contributed by atoms with E-state index in [9.17, 15) is 21.6 Å². The number of alkyl halides is 3. The molecule has 1 fully saturated rings. The van der Waals surface area contributed by atoms with Crippen molar-refractivity contribution >= 4 is 38.9 Å². The molecule has 0 amide bonds. The number of pyridine rings is 1. The van der Waals surface area contributed by atoms with E-state index in [0.717, 1.165) is 53.7 Å². The number of aromatic nitrogens is 4. The first-order chi connectivity index (χ1) is 19.8. The molecule has 2 aromatic carbocycles. The largest absolute Gasteiger partial charge is 0.490 e. The van der Waals surface area contributed by atoms with Crippen LogP contribution in [-0.4, -0.2) is 51.6 Å². The normalized spacial score (nSPS) is 14.8. The van der Waals surface area contributed by atoms with Crippen LogP contribution in [-0.2, 0) is 27.7 Å². The maximum atomic E-state index is 13.4. The highest BCUT2D eigenvalue weighted by molar-refractivity contribution is 7.91. The predicted molar refractivity (Wildman–Crippen MR) is 151 cm³/mol. The molecular weight excluding hydrogens is 593 g/mol. The van der Waals surface area contributed by atoms with Crippen LogP contribution in [0, 0.1) is 17.1 Å². The Balaban J connectivity index is 0.000000517. The molecule has 0 bridgehead atoms. The predicted octanol–water partition coefficient (Wildman–Crippen LogP) is 6.11. The van der Waals surface area contributed by atoms with Crippen molar-refractivity contribution in [3.05, 3.63) is 76.5 Å². The van der Waals surface area contributed by atoms with Crippen molar-refractivity contribution in [2.45, 2.75) is 56.7 Å². The number of benzene rings is 2. The lowest BCUT2D eigenvalue weighted by molar-refractivity contribution is -0.192. The molecule has 2 aromatic heterocycles. The summed E-state index contributed by atoms with van der Waals surface area (Å²) < 4.78 is 64.9. The molecule has 0 aliphatic heterocycles. The zero-order valence-corrected chi connectivity index (χ0v) is 24.2. The molecule has 1 aliphatic carbocycles. The molecule has 5 rings (SSSR count). The Morgan fingerprint density at radius 2 is 1.76 bits per heavy atom. The zero-order valence-electron chi connectivity index (χ0n) is 22.6. The summed E-state index contributed by atoms with van der Waals surface area (Å²) in [6, 6.07) is 16.8. The molecule has 0 saturated heterocycles. The summed E-state index contributed by atoms with van der Waals surface area (Å²) in [5.41, 5.74) is 2.58. The molecule has 14 heteroatoms. The molecule has 1 aliphatic rings. The molecular formula is C28H29F3N4O5S2. The smallest absolute Gasteiger partial charge is 0.489 e. The van der Waals surface area contributed by atoms with Gasteiger partial charge < -0.3 is 14.8 Å². The van der Waals surface area contributed by atoms with E-state index >= 15 is 0 Å². The van der Waals surface area contributed by atoms with Crippen molar-refractivity contribution in [2.24, 2.45) is 5.41 Å². The number of halogens is 3. The summed E-state index contributed by atoms with van der Waals surface area (Å²) in [6.07, 6.45) is -0.743. The lowest BCUT2D eigenvalue weighted by Crippen LogP contribution is -2.30. The second-order valence-electron chi connectivity index (χ2n) is 10.3. The molecule has 224 valence electrons. The molecule has 1 saturated carbocycles.